The summed E-state index contributed by atoms with van der Waals surface area (Å²) in [4.78, 5) is 102. The van der Waals surface area contributed by atoms with Gasteiger partial charge in [0.2, 0.25) is 23.6 Å². The zero-order valence-corrected chi connectivity index (χ0v) is 38.5. The standard InChI is InChI=1S/C49H64N12O7/c1-53-40-43(65)59-39(27-33-28-55-36-14-6-5-13-35(33)36)42(64)58-37(41(50)63)15-7-10-23-56-48(40,22-24-54-46(51)52)21-18-38-44(66)61(47(68)60-38)49(19-8-2-9-20-49)45(67)57-34(29-62)26-30-16-17-31-11-3-4-12-32(31)25-30/h3-6,11-14,16-17,25,28-29,34,37-40,53,55-56H,2,7-10,15,18-24,26-27H2,1H3,(H2,50,63)(H,57,67)(H,58,64)(H,59,65)(H,60,68)(H4,51,52,54)/t34-,37+,38+,39+,40-,48?/m1/s1. The number of nitrogens with two attached hydrogens (primary N) is 2. The topological polar surface area (TPSA) is 299 Å². The zero-order valence-electron chi connectivity index (χ0n) is 38.5. The number of hydrogen-bond donors (Lipinski definition) is 11. The van der Waals surface area contributed by atoms with Gasteiger partial charge in [-0.15, -0.1) is 0 Å². The van der Waals surface area contributed by atoms with E-state index in [-0.39, 0.29) is 63.9 Å². The molecule has 0 bridgehead atoms. The third-order valence-corrected chi connectivity index (χ3v) is 14.0. The summed E-state index contributed by atoms with van der Waals surface area (Å²) in [5.41, 5.74) is 11.2. The number of rotatable bonds is 16. The number of urea groups is 1. The highest BCUT2D eigenvalue weighted by molar-refractivity contribution is 6.09. The Labute approximate surface area is 394 Å². The van der Waals surface area contributed by atoms with Gasteiger partial charge in [-0.2, -0.15) is 0 Å². The van der Waals surface area contributed by atoms with Gasteiger partial charge < -0.3 is 58.5 Å². The Balaban J connectivity index is 1.15. The molecule has 6 atom stereocenters. The maximum Gasteiger partial charge on any atom is 0.325 e. The predicted molar refractivity (Wildman–Crippen MR) is 257 cm³/mol. The Morgan fingerprint density at radius 2 is 1.63 bits per heavy atom. The molecular formula is C49H64N12O7. The lowest BCUT2D eigenvalue weighted by Crippen LogP contribution is -2.67. The van der Waals surface area contributed by atoms with Gasteiger partial charge in [-0.05, 0) is 99.3 Å². The highest BCUT2D eigenvalue weighted by atomic mass is 16.2. The quantitative estimate of drug-likeness (QED) is 0.0332. The van der Waals surface area contributed by atoms with E-state index in [0.29, 0.717) is 38.5 Å². The molecule has 2 saturated heterocycles. The fourth-order valence-corrected chi connectivity index (χ4v) is 10.4. The first-order valence-electron chi connectivity index (χ1n) is 23.6. The van der Waals surface area contributed by atoms with Gasteiger partial charge in [0.1, 0.15) is 36.0 Å². The molecular weight excluding hydrogens is 869 g/mol. The molecule has 4 aromatic rings. The largest absolute Gasteiger partial charge is 0.370 e. The van der Waals surface area contributed by atoms with Gasteiger partial charge in [0.05, 0.1) is 6.04 Å². The number of primary amides is 1. The number of aromatic amines is 1. The molecule has 0 radical (unpaired) electrons. The number of H-pyrrole nitrogens is 1. The molecule has 2 aliphatic heterocycles. The van der Waals surface area contributed by atoms with Gasteiger partial charge in [-0.1, -0.05) is 79.9 Å². The number of guanidine groups is 1. The summed E-state index contributed by atoms with van der Waals surface area (Å²) < 4.78 is 0. The van der Waals surface area contributed by atoms with Crippen LogP contribution < -0.4 is 48.7 Å². The van der Waals surface area contributed by atoms with Crippen LogP contribution in [0.2, 0.25) is 0 Å². The average Bonchev–Trinajstić information content (AvgIpc) is 3.87. The van der Waals surface area contributed by atoms with Crippen molar-refractivity contribution in [3.05, 3.63) is 84.1 Å². The van der Waals surface area contributed by atoms with Crippen molar-refractivity contribution in [2.24, 2.45) is 11.5 Å². The molecule has 1 unspecified atom stereocenters. The Hall–Kier alpha value is -6.86. The number of benzene rings is 3. The van der Waals surface area contributed by atoms with Crippen molar-refractivity contribution in [3.8, 4) is 0 Å². The first kappa shape index (κ1) is 49.1. The SMILES string of the molecule is CN[C@@H]1C(=O)N[C@@H](Cc2c[nH]c3ccccc23)C(=O)N[C@H](C(N)=O)CCCCNC1(CCNC(=N)N)CC[C@@H]1NC(=O)N(C2(C(=O)N[C@@H](C=O)Cc3ccc4ccccc4c3)CCCCC2)C1=O. The Bertz CT molecular complexity index is 2520. The van der Waals surface area contributed by atoms with Gasteiger partial charge in [0, 0.05) is 35.6 Å². The molecule has 1 aromatic heterocycles. The normalized spacial score (nSPS) is 24.1. The van der Waals surface area contributed by atoms with E-state index >= 15 is 0 Å². The Kier molecular flexibility index (Phi) is 15.8. The van der Waals surface area contributed by atoms with E-state index in [1.165, 1.54) is 0 Å². The van der Waals surface area contributed by atoms with Crippen molar-refractivity contribution in [1.82, 2.24) is 47.1 Å². The van der Waals surface area contributed by atoms with Crippen LogP contribution in [0.4, 0.5) is 4.79 Å². The van der Waals surface area contributed by atoms with Crippen LogP contribution in [-0.4, -0.2) is 119 Å². The number of fused-ring (bicyclic) bond motifs is 2. The molecule has 3 aliphatic rings. The van der Waals surface area contributed by atoms with Gasteiger partial charge in [0.25, 0.3) is 5.91 Å². The zero-order chi connectivity index (χ0) is 48.4. The summed E-state index contributed by atoms with van der Waals surface area (Å²) in [6, 6.07) is 15.3. The molecule has 7 amide bonds. The van der Waals surface area contributed by atoms with Gasteiger partial charge >= 0.3 is 6.03 Å². The number of imide groups is 1. The second kappa shape index (κ2) is 21.8. The van der Waals surface area contributed by atoms with Crippen LogP contribution >= 0.6 is 0 Å². The summed E-state index contributed by atoms with van der Waals surface area (Å²) in [5, 5.41) is 31.8. The molecule has 1 saturated carbocycles. The van der Waals surface area contributed by atoms with Crippen LogP contribution in [0.5, 0.6) is 0 Å². The average molecular weight is 933 g/mol. The molecule has 19 heteroatoms. The highest BCUT2D eigenvalue weighted by Crippen LogP contribution is 2.38. The summed E-state index contributed by atoms with van der Waals surface area (Å²) in [6.07, 6.45) is 6.70. The lowest BCUT2D eigenvalue weighted by Gasteiger charge is -2.42. The van der Waals surface area contributed by atoms with Crippen molar-refractivity contribution >= 4 is 69.5 Å². The minimum Gasteiger partial charge on any atom is -0.370 e. The highest BCUT2D eigenvalue weighted by Gasteiger charge is 2.55. The molecule has 3 heterocycles. The number of nitrogens with zero attached hydrogens (tertiary/aromatic N) is 1. The Morgan fingerprint density at radius 3 is 2.37 bits per heavy atom. The Morgan fingerprint density at radius 1 is 0.882 bits per heavy atom. The van der Waals surface area contributed by atoms with Crippen molar-refractivity contribution in [2.45, 2.75) is 125 Å². The monoisotopic (exact) mass is 933 g/mol. The molecule has 68 heavy (non-hydrogen) atoms. The first-order chi connectivity index (χ1) is 32.8. The van der Waals surface area contributed by atoms with Crippen LogP contribution in [0.25, 0.3) is 21.7 Å². The number of hydrogen-bond acceptors (Lipinski definition) is 10. The minimum absolute atomic E-state index is 0.0270. The van der Waals surface area contributed by atoms with Crippen molar-refractivity contribution in [3.63, 3.8) is 0 Å². The number of likely N-dealkylation sites (N-methyl/N-ethyl adjacent to an activating group) is 1. The fourth-order valence-electron chi connectivity index (χ4n) is 10.4. The second-order valence-corrected chi connectivity index (χ2v) is 18.4. The second-order valence-electron chi connectivity index (χ2n) is 18.4. The molecule has 3 aromatic carbocycles. The maximum atomic E-state index is 14.8. The fraction of sp³-hybridized carbons (Fsp3) is 0.469. The summed E-state index contributed by atoms with van der Waals surface area (Å²) in [5.74, 6) is -3.31. The third-order valence-electron chi connectivity index (χ3n) is 14.0. The molecule has 1 aliphatic carbocycles. The van der Waals surface area contributed by atoms with E-state index in [2.05, 4.69) is 42.2 Å². The van der Waals surface area contributed by atoms with Gasteiger partial charge in [0.15, 0.2) is 5.96 Å². The van der Waals surface area contributed by atoms with Crippen LogP contribution in [0.15, 0.2) is 72.9 Å². The van der Waals surface area contributed by atoms with Crippen molar-refractivity contribution < 1.29 is 33.6 Å². The van der Waals surface area contributed by atoms with Gasteiger partial charge in [-0.25, -0.2) is 9.69 Å². The number of amides is 7. The molecule has 362 valence electrons. The van der Waals surface area contributed by atoms with E-state index in [1.807, 2.05) is 66.7 Å². The lowest BCUT2D eigenvalue weighted by molar-refractivity contribution is -0.145. The number of carbonyl (C=O) groups excluding carboxylic acids is 7. The smallest absolute Gasteiger partial charge is 0.325 e. The molecule has 7 rings (SSSR count). The summed E-state index contributed by atoms with van der Waals surface area (Å²) in [7, 11) is 1.61. The van der Waals surface area contributed by atoms with Crippen LogP contribution in [0, 0.1) is 5.41 Å². The number of aromatic nitrogens is 1. The third kappa shape index (κ3) is 10.9. The van der Waals surface area contributed by atoms with E-state index in [9.17, 15) is 33.6 Å². The van der Waals surface area contributed by atoms with Crippen LogP contribution in [0.3, 0.4) is 0 Å². The summed E-state index contributed by atoms with van der Waals surface area (Å²) >= 11 is 0. The number of carbonyl (C=O) groups is 7. The maximum absolute atomic E-state index is 14.8. The molecule has 0 spiro atoms. The van der Waals surface area contributed by atoms with E-state index in [0.717, 1.165) is 44.1 Å². The molecule has 19 nitrogen and oxygen atoms in total. The number of para-hydroxylation sites is 1. The molecule has 3 fully saturated rings. The van der Waals surface area contributed by atoms with Crippen molar-refractivity contribution in [1.29, 1.82) is 5.41 Å². The number of nitrogens with one attached hydrogen (secondary N) is 9. The van der Waals surface area contributed by atoms with E-state index < -0.39 is 76.9 Å². The van der Waals surface area contributed by atoms with E-state index in [1.54, 1.807) is 13.2 Å². The molecule has 13 N–H and O–H groups in total. The number of aldehydes is 1. The van der Waals surface area contributed by atoms with Crippen LogP contribution in [-0.2, 0) is 41.6 Å². The first-order valence-corrected chi connectivity index (χ1v) is 23.6. The minimum atomic E-state index is -1.54. The van der Waals surface area contributed by atoms with E-state index in [4.69, 9.17) is 16.9 Å². The lowest BCUT2D eigenvalue weighted by atomic mass is 9.78. The summed E-state index contributed by atoms with van der Waals surface area (Å²) in [6.45, 7) is 0.468. The van der Waals surface area contributed by atoms with Crippen molar-refractivity contribution in [2.75, 3.05) is 20.1 Å². The van der Waals surface area contributed by atoms with Crippen LogP contribution in [0.1, 0.15) is 81.8 Å². The predicted octanol–water partition coefficient (Wildman–Crippen LogP) is 1.62. The van der Waals surface area contributed by atoms with Gasteiger partial charge in [-0.3, -0.25) is 29.4 Å².